The maximum Gasteiger partial charge on any atom is 0.413 e. The molecule has 11 rings (SSSR count). The molecule has 4 N–H and O–H groups in total. The molecule has 0 spiro atoms. The van der Waals surface area contributed by atoms with E-state index < -0.39 is 24.3 Å². The van der Waals surface area contributed by atoms with E-state index in [0.29, 0.717) is 36.2 Å². The number of para-hydroxylation sites is 2. The Hall–Kier alpha value is -8.46. The number of hydrogen-bond donors (Lipinski definition) is 4. The molecule has 1 unspecified atom stereocenters. The average Bonchev–Trinajstić information content (AvgIpc) is 4.28. The van der Waals surface area contributed by atoms with Crippen LogP contribution in [0.25, 0.3) is 66.5 Å². The smallest absolute Gasteiger partial charge is 0.413 e. The minimum absolute atomic E-state index is 0.167. The van der Waals surface area contributed by atoms with Crippen LogP contribution in [0, 0.1) is 11.8 Å². The van der Waals surface area contributed by atoms with Gasteiger partial charge >= 0.3 is 12.2 Å². The van der Waals surface area contributed by atoms with Gasteiger partial charge in [0.1, 0.15) is 46.4 Å². The zero-order chi connectivity index (χ0) is 50.3. The van der Waals surface area contributed by atoms with Gasteiger partial charge in [0, 0.05) is 23.9 Å². The monoisotopic (exact) mass is 976 g/mol. The van der Waals surface area contributed by atoms with Gasteiger partial charge in [0.25, 0.3) is 0 Å². The van der Waals surface area contributed by atoms with Crippen molar-refractivity contribution in [2.24, 2.45) is 11.8 Å². The molecule has 2 aliphatic heterocycles. The van der Waals surface area contributed by atoms with Crippen LogP contribution in [0.4, 0.5) is 9.59 Å². The summed E-state index contributed by atoms with van der Waals surface area (Å²) in [6, 6.07) is 38.4. The lowest BCUT2D eigenvalue weighted by Crippen LogP contribution is -2.51. The molecule has 2 fully saturated rings. The summed E-state index contributed by atoms with van der Waals surface area (Å²) >= 11 is 0. The number of aromatic amines is 2. The van der Waals surface area contributed by atoms with Crippen LogP contribution in [0.1, 0.15) is 77.1 Å². The fourth-order valence-electron chi connectivity index (χ4n) is 10.6. The van der Waals surface area contributed by atoms with Crippen molar-refractivity contribution in [3.8, 4) is 45.0 Å². The number of fused-ring (bicyclic) bond motifs is 6. The summed E-state index contributed by atoms with van der Waals surface area (Å²) in [6.07, 6.45) is 3.60. The number of imidazole rings is 2. The molecule has 4 amide bonds. The number of rotatable bonds is 13. The third kappa shape index (κ3) is 9.22. The van der Waals surface area contributed by atoms with Gasteiger partial charge in [-0.25, -0.2) is 19.6 Å². The molecule has 9 aromatic rings. The fourth-order valence-corrected chi connectivity index (χ4v) is 10.6. The zero-order valence-corrected chi connectivity index (χ0v) is 41.1. The second kappa shape index (κ2) is 19.6. The Kier molecular flexibility index (Phi) is 12.6. The molecular weight excluding hydrogens is 921 g/mol. The van der Waals surface area contributed by atoms with Gasteiger partial charge in [-0.1, -0.05) is 107 Å². The van der Waals surface area contributed by atoms with Gasteiger partial charge in [-0.05, 0) is 114 Å². The summed E-state index contributed by atoms with van der Waals surface area (Å²) in [4.78, 5) is 74.4. The number of amides is 4. The SMILES string of the molecule is CC(C)C(NC(=O)Oc1ccccc1)C(=O)N1CCC[C@H]1c1ncc(-c2ccc(-c3ccc(-c4ccc5nc([C@@H]6CCCN6C(=O)[C@@H](NC(=O)Oc6ccccc6)C(C)C)[nH]c5c4)c4c5ccc(o5)c34)cc2)[nH]1. The number of nitrogens with zero attached hydrogens (tertiary/aromatic N) is 4. The van der Waals surface area contributed by atoms with Crippen LogP contribution in [0.3, 0.4) is 0 Å². The third-order valence-corrected chi connectivity index (χ3v) is 14.2. The highest BCUT2D eigenvalue weighted by molar-refractivity contribution is 6.19. The normalized spacial score (nSPS) is 16.7. The number of nitrogens with one attached hydrogen (secondary N) is 4. The van der Waals surface area contributed by atoms with Gasteiger partial charge in [-0.15, -0.1) is 0 Å². The van der Waals surface area contributed by atoms with Gasteiger partial charge in [0.05, 0.1) is 35.0 Å². The second-order valence-electron chi connectivity index (χ2n) is 19.7. The van der Waals surface area contributed by atoms with Crippen molar-refractivity contribution >= 4 is 57.0 Å². The molecule has 2 saturated heterocycles. The fraction of sp³-hybridized carbons (Fsp3) is 0.276. The van der Waals surface area contributed by atoms with Crippen LogP contribution in [0.5, 0.6) is 11.5 Å². The van der Waals surface area contributed by atoms with Crippen molar-refractivity contribution in [3.63, 3.8) is 0 Å². The number of carbonyl (C=O) groups is 4. The number of hydrogen-bond acceptors (Lipinski definition) is 9. The lowest BCUT2D eigenvalue weighted by atomic mass is 9.91. The van der Waals surface area contributed by atoms with Crippen LogP contribution >= 0.6 is 0 Å². The minimum Gasteiger partial charge on any atom is -0.456 e. The Morgan fingerprint density at radius 1 is 0.603 bits per heavy atom. The average molecular weight is 977 g/mol. The lowest BCUT2D eigenvalue weighted by molar-refractivity contribution is -0.136. The largest absolute Gasteiger partial charge is 0.456 e. The topological polar surface area (TPSA) is 188 Å². The molecular formula is C58H56N8O7. The first-order valence-electron chi connectivity index (χ1n) is 25.1. The molecule has 2 bridgehead atoms. The molecule has 15 heteroatoms. The van der Waals surface area contributed by atoms with Crippen molar-refractivity contribution in [2.75, 3.05) is 13.1 Å². The first-order chi connectivity index (χ1) is 35.5. The predicted molar refractivity (Wildman–Crippen MR) is 279 cm³/mol. The van der Waals surface area contributed by atoms with Gasteiger partial charge in [0.2, 0.25) is 11.8 Å². The summed E-state index contributed by atoms with van der Waals surface area (Å²) in [7, 11) is 0. The van der Waals surface area contributed by atoms with Gasteiger partial charge in [-0.2, -0.15) is 0 Å². The molecule has 370 valence electrons. The molecule has 5 aromatic carbocycles. The van der Waals surface area contributed by atoms with E-state index in [9.17, 15) is 19.2 Å². The van der Waals surface area contributed by atoms with Crippen molar-refractivity contribution in [1.82, 2.24) is 40.4 Å². The number of carbonyl (C=O) groups excluding carboxylic acids is 4. The van der Waals surface area contributed by atoms with Crippen LogP contribution < -0.4 is 20.1 Å². The lowest BCUT2D eigenvalue weighted by Gasteiger charge is -2.30. The summed E-state index contributed by atoms with van der Waals surface area (Å²) in [5.74, 6) is 1.55. The van der Waals surface area contributed by atoms with Crippen molar-refractivity contribution in [2.45, 2.75) is 77.5 Å². The summed E-state index contributed by atoms with van der Waals surface area (Å²) in [6.45, 7) is 8.76. The van der Waals surface area contributed by atoms with E-state index in [-0.39, 0.29) is 35.7 Å². The van der Waals surface area contributed by atoms with Gasteiger partial charge in [-0.3, -0.25) is 9.59 Å². The maximum atomic E-state index is 14.1. The van der Waals surface area contributed by atoms with E-state index >= 15 is 0 Å². The molecule has 4 atom stereocenters. The summed E-state index contributed by atoms with van der Waals surface area (Å²) in [5, 5.41) is 7.69. The molecule has 15 nitrogen and oxygen atoms in total. The second-order valence-corrected chi connectivity index (χ2v) is 19.7. The minimum atomic E-state index is -0.773. The number of H-pyrrole nitrogens is 2. The quantitative estimate of drug-likeness (QED) is 0.0872. The van der Waals surface area contributed by atoms with Gasteiger partial charge < -0.3 is 44.3 Å². The van der Waals surface area contributed by atoms with E-state index in [2.05, 4.69) is 69.1 Å². The number of ether oxygens (including phenoxy) is 2. The van der Waals surface area contributed by atoms with Gasteiger partial charge in [0.15, 0.2) is 0 Å². The molecule has 2 aliphatic rings. The highest BCUT2D eigenvalue weighted by atomic mass is 16.6. The van der Waals surface area contributed by atoms with Crippen LogP contribution in [-0.4, -0.2) is 78.9 Å². The molecule has 0 radical (unpaired) electrons. The number of furan rings is 2. The highest BCUT2D eigenvalue weighted by Gasteiger charge is 2.39. The van der Waals surface area contributed by atoms with E-state index in [1.54, 1.807) is 48.5 Å². The first kappa shape index (κ1) is 46.9. The summed E-state index contributed by atoms with van der Waals surface area (Å²) < 4.78 is 17.3. The Morgan fingerprint density at radius 2 is 1.11 bits per heavy atom. The Labute approximate surface area is 421 Å². The van der Waals surface area contributed by atoms with E-state index in [0.717, 1.165) is 92.2 Å². The molecule has 4 aromatic heterocycles. The Morgan fingerprint density at radius 3 is 1.66 bits per heavy atom. The zero-order valence-electron chi connectivity index (χ0n) is 41.1. The summed E-state index contributed by atoms with van der Waals surface area (Å²) in [5.41, 5.74) is 9.15. The van der Waals surface area contributed by atoms with Crippen molar-refractivity contribution in [3.05, 3.63) is 145 Å². The Bertz CT molecular complexity index is 3460. The van der Waals surface area contributed by atoms with E-state index in [4.69, 9.17) is 23.9 Å². The van der Waals surface area contributed by atoms with Crippen LogP contribution in [0.2, 0.25) is 0 Å². The van der Waals surface area contributed by atoms with Crippen molar-refractivity contribution < 1.29 is 33.1 Å². The van der Waals surface area contributed by atoms with E-state index in [1.807, 2.05) is 74.0 Å². The van der Waals surface area contributed by atoms with Crippen LogP contribution in [0.15, 0.2) is 138 Å². The third-order valence-electron chi connectivity index (χ3n) is 14.2. The van der Waals surface area contributed by atoms with Crippen molar-refractivity contribution in [1.29, 1.82) is 0 Å². The number of aromatic nitrogens is 4. The molecule has 73 heavy (non-hydrogen) atoms. The predicted octanol–water partition coefficient (Wildman–Crippen LogP) is 11.6. The molecule has 0 aliphatic carbocycles. The Balaban J connectivity index is 0.798. The number of benzene rings is 6. The first-order valence-corrected chi connectivity index (χ1v) is 25.1. The maximum absolute atomic E-state index is 14.1. The number of likely N-dealkylation sites (tertiary alicyclic amines) is 2. The molecule has 0 saturated carbocycles. The van der Waals surface area contributed by atoms with E-state index in [1.165, 1.54) is 0 Å². The molecule has 6 heterocycles. The highest BCUT2D eigenvalue weighted by Crippen LogP contribution is 2.45. The standard InChI is InChI=1S/C58H56N8O7/c1-33(2)51(63-57(69)71-38-13-7-5-8-14-38)55(67)65-29-11-17-45(65)53-59-32-44(62-53)36-21-19-35(20-22-36)40-24-25-41(50-48-28-27-47(73-48)49(40)50)37-23-26-42-43(31-37)61-54(60-42)46-18-12-30-66(46)56(68)52(34(3)4)64-58(70)72-39-15-9-6-10-16-39/h5-10,13-16,19-28,31-34,45-46,51-52H,11-12,17-18,29-30H2,1-4H3,(H,59,62)(H,60,61)(H,63,69)(H,64,70)/t45-,46-,51?,52-/m0/s1. The van der Waals surface area contributed by atoms with Crippen LogP contribution in [-0.2, 0) is 9.59 Å².